The van der Waals surface area contributed by atoms with E-state index in [9.17, 15) is 4.79 Å². The van der Waals surface area contributed by atoms with E-state index in [1.807, 2.05) is 71.3 Å². The van der Waals surface area contributed by atoms with E-state index in [1.54, 1.807) is 31.3 Å². The van der Waals surface area contributed by atoms with Crippen molar-refractivity contribution in [1.29, 1.82) is 0 Å². The molecule has 1 amide bonds. The van der Waals surface area contributed by atoms with Gasteiger partial charge < -0.3 is 10.1 Å². The Labute approximate surface area is 201 Å². The Hall–Kier alpha value is -3.14. The summed E-state index contributed by atoms with van der Waals surface area (Å²) in [5.74, 6) is 0.834. The number of hydrogen-bond donors (Lipinski definition) is 1. The first-order valence-electron chi connectivity index (χ1n) is 10.3. The summed E-state index contributed by atoms with van der Waals surface area (Å²) < 4.78 is 7.22. The number of rotatable bonds is 10. The van der Waals surface area contributed by atoms with E-state index in [1.165, 1.54) is 11.8 Å². The van der Waals surface area contributed by atoms with Crippen LogP contribution in [0.5, 0.6) is 0 Å². The number of thioether (sulfide) groups is 1. The van der Waals surface area contributed by atoms with E-state index in [4.69, 9.17) is 4.74 Å². The molecule has 0 radical (unpaired) electrons. The molecule has 2 aromatic carbocycles. The summed E-state index contributed by atoms with van der Waals surface area (Å²) in [4.78, 5) is 18.9. The van der Waals surface area contributed by atoms with Gasteiger partial charge in [0, 0.05) is 34.9 Å². The van der Waals surface area contributed by atoms with Crippen LogP contribution in [0.4, 0.5) is 5.69 Å². The summed E-state index contributed by atoms with van der Waals surface area (Å²) in [5, 5.41) is 12.3. The molecule has 0 spiro atoms. The van der Waals surface area contributed by atoms with Crippen LogP contribution >= 0.6 is 23.5 Å². The van der Waals surface area contributed by atoms with Crippen LogP contribution < -0.4 is 5.32 Å². The van der Waals surface area contributed by atoms with Gasteiger partial charge in [-0.2, -0.15) is 0 Å². The van der Waals surface area contributed by atoms with E-state index in [0.29, 0.717) is 18.3 Å². The van der Waals surface area contributed by atoms with Crippen LogP contribution in [-0.2, 0) is 16.1 Å². The predicted molar refractivity (Wildman–Crippen MR) is 131 cm³/mol. The Morgan fingerprint density at radius 3 is 2.55 bits per heavy atom. The molecular weight excluding hydrogens is 454 g/mol. The lowest BCUT2D eigenvalue weighted by atomic mass is 10.2. The zero-order valence-corrected chi connectivity index (χ0v) is 19.7. The highest BCUT2D eigenvalue weighted by Gasteiger charge is 2.16. The predicted octanol–water partition coefficient (Wildman–Crippen LogP) is 4.87. The van der Waals surface area contributed by atoms with Gasteiger partial charge in [0.2, 0.25) is 5.91 Å². The highest BCUT2D eigenvalue weighted by Crippen LogP contribution is 2.33. The van der Waals surface area contributed by atoms with Gasteiger partial charge in [0.05, 0.1) is 24.6 Å². The Morgan fingerprint density at radius 1 is 1.00 bits per heavy atom. The van der Waals surface area contributed by atoms with Gasteiger partial charge in [-0.15, -0.1) is 10.2 Å². The molecule has 33 heavy (non-hydrogen) atoms. The van der Waals surface area contributed by atoms with Crippen molar-refractivity contribution in [3.8, 4) is 11.4 Å². The maximum absolute atomic E-state index is 12.8. The fourth-order valence-electron chi connectivity index (χ4n) is 3.08. The van der Waals surface area contributed by atoms with Gasteiger partial charge in [-0.1, -0.05) is 53.9 Å². The fraction of sp³-hybridized carbons (Fsp3) is 0.167. The third kappa shape index (κ3) is 6.22. The number of nitrogens with one attached hydrogen (secondary N) is 1. The number of hydrogen-bond acceptors (Lipinski definition) is 7. The highest BCUT2D eigenvalue weighted by atomic mass is 32.2. The summed E-state index contributed by atoms with van der Waals surface area (Å²) in [6.07, 6.45) is 3.44. The van der Waals surface area contributed by atoms with Gasteiger partial charge in [-0.05, 0) is 36.4 Å². The van der Waals surface area contributed by atoms with Crippen LogP contribution in [0.15, 0.2) is 94.1 Å². The molecule has 0 fully saturated rings. The van der Waals surface area contributed by atoms with Crippen molar-refractivity contribution < 1.29 is 9.53 Å². The topological polar surface area (TPSA) is 81.9 Å². The van der Waals surface area contributed by atoms with E-state index in [-0.39, 0.29) is 11.7 Å². The molecule has 0 aliphatic carbocycles. The van der Waals surface area contributed by atoms with Crippen LogP contribution in [0.3, 0.4) is 0 Å². The summed E-state index contributed by atoms with van der Waals surface area (Å²) in [7, 11) is 1.65. The molecule has 1 N–H and O–H groups in total. The standard InChI is InChI=1S/C24H23N5O2S2/c1-31-16-15-29-23(18-11-13-25-14-12-18)27-28-24(29)32-17-22(30)26-20-9-5-6-10-21(20)33-19-7-3-2-4-8-19/h2-14H,15-17H2,1H3,(H,26,30). The average molecular weight is 478 g/mol. The van der Waals surface area contributed by atoms with E-state index in [0.717, 1.165) is 26.9 Å². The smallest absolute Gasteiger partial charge is 0.234 e. The number of anilines is 1. The minimum atomic E-state index is -0.104. The Morgan fingerprint density at radius 2 is 1.76 bits per heavy atom. The molecule has 4 aromatic rings. The molecule has 0 saturated carbocycles. The Balaban J connectivity index is 1.44. The lowest BCUT2D eigenvalue weighted by Crippen LogP contribution is -2.15. The number of carbonyl (C=O) groups excluding carboxylic acids is 1. The second-order valence-electron chi connectivity index (χ2n) is 6.93. The van der Waals surface area contributed by atoms with Gasteiger partial charge in [0.25, 0.3) is 0 Å². The molecule has 168 valence electrons. The molecule has 0 unspecified atom stereocenters. The first kappa shape index (κ1) is 23.0. The van der Waals surface area contributed by atoms with Gasteiger partial charge in [-0.3, -0.25) is 14.3 Å². The minimum absolute atomic E-state index is 0.104. The summed E-state index contributed by atoms with van der Waals surface area (Å²) in [6.45, 7) is 1.10. The molecule has 0 saturated heterocycles. The van der Waals surface area contributed by atoms with E-state index in [2.05, 4.69) is 20.5 Å². The summed E-state index contributed by atoms with van der Waals surface area (Å²) in [5.41, 5.74) is 1.70. The molecule has 0 aliphatic heterocycles. The van der Waals surface area contributed by atoms with Crippen LogP contribution in [-0.4, -0.2) is 45.1 Å². The number of carbonyl (C=O) groups is 1. The average Bonchev–Trinajstić information content (AvgIpc) is 3.26. The summed E-state index contributed by atoms with van der Waals surface area (Å²) >= 11 is 2.97. The van der Waals surface area contributed by atoms with Gasteiger partial charge >= 0.3 is 0 Å². The number of nitrogens with zero attached hydrogens (tertiary/aromatic N) is 4. The number of ether oxygens (including phenoxy) is 1. The number of amides is 1. The monoisotopic (exact) mass is 477 g/mol. The van der Waals surface area contributed by atoms with Crippen molar-refractivity contribution in [2.24, 2.45) is 0 Å². The SMILES string of the molecule is COCCn1c(SCC(=O)Nc2ccccc2Sc2ccccc2)nnc1-c1ccncc1. The zero-order chi connectivity index (χ0) is 22.9. The van der Waals surface area contributed by atoms with Crippen LogP contribution in [0.2, 0.25) is 0 Å². The van der Waals surface area contributed by atoms with Gasteiger partial charge in [0.15, 0.2) is 11.0 Å². The number of pyridine rings is 1. The van der Waals surface area contributed by atoms with E-state index >= 15 is 0 Å². The fourth-order valence-corrected chi connectivity index (χ4v) is 4.77. The maximum Gasteiger partial charge on any atom is 0.234 e. The van der Waals surface area contributed by atoms with Crippen molar-refractivity contribution in [2.75, 3.05) is 24.8 Å². The highest BCUT2D eigenvalue weighted by molar-refractivity contribution is 8.00. The third-order valence-electron chi connectivity index (χ3n) is 4.64. The molecule has 2 aromatic heterocycles. The number of para-hydroxylation sites is 1. The molecule has 7 nitrogen and oxygen atoms in total. The maximum atomic E-state index is 12.8. The second-order valence-corrected chi connectivity index (χ2v) is 8.99. The first-order valence-corrected chi connectivity index (χ1v) is 12.1. The third-order valence-corrected chi connectivity index (χ3v) is 6.69. The van der Waals surface area contributed by atoms with Crippen LogP contribution in [0.25, 0.3) is 11.4 Å². The molecule has 9 heteroatoms. The van der Waals surface area contributed by atoms with Crippen molar-refractivity contribution in [1.82, 2.24) is 19.7 Å². The number of benzene rings is 2. The van der Waals surface area contributed by atoms with Crippen molar-refractivity contribution in [2.45, 2.75) is 21.5 Å². The van der Waals surface area contributed by atoms with Gasteiger partial charge in [-0.25, -0.2) is 0 Å². The van der Waals surface area contributed by atoms with Gasteiger partial charge in [0.1, 0.15) is 0 Å². The quantitative estimate of drug-likeness (QED) is 0.326. The molecule has 4 rings (SSSR count). The second kappa shape index (κ2) is 11.6. The van der Waals surface area contributed by atoms with Crippen molar-refractivity contribution >= 4 is 35.1 Å². The largest absolute Gasteiger partial charge is 0.383 e. The number of aromatic nitrogens is 4. The first-order chi connectivity index (χ1) is 16.2. The number of methoxy groups -OCH3 is 1. The lowest BCUT2D eigenvalue weighted by Gasteiger charge is -2.11. The van der Waals surface area contributed by atoms with E-state index < -0.39 is 0 Å². The van der Waals surface area contributed by atoms with Crippen LogP contribution in [0.1, 0.15) is 0 Å². The van der Waals surface area contributed by atoms with Crippen molar-refractivity contribution in [3.05, 3.63) is 79.1 Å². The summed E-state index contributed by atoms with van der Waals surface area (Å²) in [6, 6.07) is 21.7. The molecular formula is C24H23N5O2S2. The molecule has 0 bridgehead atoms. The normalized spacial score (nSPS) is 10.8. The zero-order valence-electron chi connectivity index (χ0n) is 18.0. The molecule has 2 heterocycles. The Kier molecular flexibility index (Phi) is 8.13. The van der Waals surface area contributed by atoms with Crippen molar-refractivity contribution in [3.63, 3.8) is 0 Å². The molecule has 0 atom stereocenters. The minimum Gasteiger partial charge on any atom is -0.383 e. The molecule has 0 aliphatic rings. The lowest BCUT2D eigenvalue weighted by molar-refractivity contribution is -0.113. The Bertz CT molecular complexity index is 1190. The van der Waals surface area contributed by atoms with Crippen LogP contribution in [0, 0.1) is 0 Å².